The average molecular weight is 154 g/mol. The molecule has 0 spiro atoms. The van der Waals surface area contributed by atoms with Gasteiger partial charge in [-0.15, -0.1) is 0 Å². The van der Waals surface area contributed by atoms with E-state index >= 15 is 0 Å². The summed E-state index contributed by atoms with van der Waals surface area (Å²) in [5.41, 5.74) is 1.40. The minimum atomic E-state index is -0.0787. The van der Waals surface area contributed by atoms with Crippen LogP contribution in [0.25, 0.3) is 0 Å². The van der Waals surface area contributed by atoms with Crippen molar-refractivity contribution >= 4 is 0 Å². The summed E-state index contributed by atoms with van der Waals surface area (Å²) in [7, 11) is 1.54. The predicted molar refractivity (Wildman–Crippen MR) is 39.2 cm³/mol. The Bertz CT molecular complexity index is 228. The molecule has 0 saturated carbocycles. The first-order chi connectivity index (χ1) is 5.29. The van der Waals surface area contributed by atoms with E-state index < -0.39 is 0 Å². The van der Waals surface area contributed by atoms with Gasteiger partial charge < -0.3 is 9.84 Å². The summed E-state index contributed by atoms with van der Waals surface area (Å²) < 4.78 is 4.93. The number of aromatic nitrogens is 2. The molecule has 0 radical (unpaired) electrons. The molecule has 4 heteroatoms. The van der Waals surface area contributed by atoms with Crippen LogP contribution in [0.1, 0.15) is 11.3 Å². The van der Waals surface area contributed by atoms with Crippen molar-refractivity contribution in [1.82, 2.24) is 9.97 Å². The zero-order chi connectivity index (χ0) is 8.27. The van der Waals surface area contributed by atoms with Crippen LogP contribution in [-0.4, -0.2) is 22.2 Å². The molecule has 0 bridgehead atoms. The third-order valence-electron chi connectivity index (χ3n) is 1.49. The van der Waals surface area contributed by atoms with Crippen LogP contribution >= 0.6 is 0 Å². The van der Waals surface area contributed by atoms with Crippen molar-refractivity contribution in [2.45, 2.75) is 13.5 Å². The normalized spacial score (nSPS) is 9.73. The first kappa shape index (κ1) is 7.94. The van der Waals surface area contributed by atoms with Crippen LogP contribution in [0.2, 0.25) is 0 Å². The summed E-state index contributed by atoms with van der Waals surface area (Å²) in [5.74, 6) is 0.518. The van der Waals surface area contributed by atoms with Crippen LogP contribution in [-0.2, 0) is 6.61 Å². The van der Waals surface area contributed by atoms with Crippen molar-refractivity contribution in [3.05, 3.63) is 17.6 Å². The largest absolute Gasteiger partial charge is 0.481 e. The van der Waals surface area contributed by atoms with Crippen LogP contribution in [0.3, 0.4) is 0 Å². The van der Waals surface area contributed by atoms with E-state index in [2.05, 4.69) is 9.97 Å². The average Bonchev–Trinajstić information content (AvgIpc) is 2.05. The van der Waals surface area contributed by atoms with Gasteiger partial charge in [0.1, 0.15) is 6.33 Å². The Balaban J connectivity index is 3.10. The number of aliphatic hydroxyl groups excluding tert-OH is 1. The maximum atomic E-state index is 8.79. The molecule has 11 heavy (non-hydrogen) atoms. The molecule has 0 aliphatic carbocycles. The smallest absolute Gasteiger partial charge is 0.219 e. The zero-order valence-corrected chi connectivity index (χ0v) is 6.53. The van der Waals surface area contributed by atoms with Gasteiger partial charge in [-0.25, -0.2) is 9.97 Å². The lowest BCUT2D eigenvalue weighted by molar-refractivity contribution is 0.274. The molecule has 0 amide bonds. The lowest BCUT2D eigenvalue weighted by Crippen LogP contribution is -1.99. The number of methoxy groups -OCH3 is 1. The van der Waals surface area contributed by atoms with Crippen LogP contribution in [0.5, 0.6) is 5.88 Å². The lowest BCUT2D eigenvalue weighted by Gasteiger charge is -2.04. The maximum absolute atomic E-state index is 8.79. The molecule has 1 aromatic heterocycles. The van der Waals surface area contributed by atoms with Gasteiger partial charge in [0.05, 0.1) is 19.4 Å². The molecule has 0 aliphatic rings. The maximum Gasteiger partial charge on any atom is 0.219 e. The minimum absolute atomic E-state index is 0.0787. The van der Waals surface area contributed by atoms with Gasteiger partial charge in [-0.05, 0) is 6.92 Å². The topological polar surface area (TPSA) is 55.2 Å². The van der Waals surface area contributed by atoms with E-state index in [4.69, 9.17) is 9.84 Å². The van der Waals surface area contributed by atoms with Gasteiger partial charge in [0.25, 0.3) is 0 Å². The van der Waals surface area contributed by atoms with Crippen LogP contribution in [0, 0.1) is 6.92 Å². The van der Waals surface area contributed by atoms with Crippen molar-refractivity contribution < 1.29 is 9.84 Å². The summed E-state index contributed by atoms with van der Waals surface area (Å²) in [5, 5.41) is 8.79. The van der Waals surface area contributed by atoms with Crippen LogP contribution < -0.4 is 4.74 Å². The third-order valence-corrected chi connectivity index (χ3v) is 1.49. The van der Waals surface area contributed by atoms with E-state index in [0.29, 0.717) is 11.6 Å². The Labute approximate surface area is 64.9 Å². The second-order valence-corrected chi connectivity index (χ2v) is 2.11. The molecule has 0 aliphatic heterocycles. The highest BCUT2D eigenvalue weighted by Crippen LogP contribution is 2.14. The van der Waals surface area contributed by atoms with Gasteiger partial charge in [-0.1, -0.05) is 0 Å². The van der Waals surface area contributed by atoms with Crippen molar-refractivity contribution in [2.75, 3.05) is 7.11 Å². The van der Waals surface area contributed by atoms with Gasteiger partial charge >= 0.3 is 0 Å². The molecule has 0 saturated heterocycles. The molecule has 4 nitrogen and oxygen atoms in total. The molecule has 0 aromatic carbocycles. The van der Waals surface area contributed by atoms with E-state index in [1.165, 1.54) is 13.4 Å². The van der Waals surface area contributed by atoms with Crippen LogP contribution in [0.15, 0.2) is 6.33 Å². The molecule has 1 rings (SSSR count). The summed E-state index contributed by atoms with van der Waals surface area (Å²) in [6, 6.07) is 0. The predicted octanol–water partition coefficient (Wildman–Crippen LogP) is 0.286. The van der Waals surface area contributed by atoms with E-state index in [1.54, 1.807) is 0 Å². The van der Waals surface area contributed by atoms with Crippen molar-refractivity contribution in [3.63, 3.8) is 0 Å². The van der Waals surface area contributed by atoms with Crippen molar-refractivity contribution in [3.8, 4) is 5.88 Å². The van der Waals surface area contributed by atoms with E-state index in [1.807, 2.05) is 6.92 Å². The second-order valence-electron chi connectivity index (χ2n) is 2.11. The number of rotatable bonds is 2. The number of hydrogen-bond acceptors (Lipinski definition) is 4. The third kappa shape index (κ3) is 1.46. The molecule has 1 aromatic rings. The molecule has 0 atom stereocenters. The minimum Gasteiger partial charge on any atom is -0.481 e. The fourth-order valence-corrected chi connectivity index (χ4v) is 0.833. The van der Waals surface area contributed by atoms with Gasteiger partial charge in [-0.2, -0.15) is 0 Å². The van der Waals surface area contributed by atoms with E-state index in [9.17, 15) is 0 Å². The van der Waals surface area contributed by atoms with E-state index in [-0.39, 0.29) is 6.61 Å². The highest BCUT2D eigenvalue weighted by Gasteiger charge is 2.04. The lowest BCUT2D eigenvalue weighted by atomic mass is 10.2. The first-order valence-electron chi connectivity index (χ1n) is 3.25. The highest BCUT2D eigenvalue weighted by atomic mass is 16.5. The Kier molecular flexibility index (Phi) is 2.38. The SMILES string of the molecule is COc1ncnc(CO)c1C. The molecular formula is C7H10N2O2. The molecular weight excluding hydrogens is 144 g/mol. The fraction of sp³-hybridized carbons (Fsp3) is 0.429. The molecule has 0 fully saturated rings. The Morgan fingerprint density at radius 3 is 2.82 bits per heavy atom. The quantitative estimate of drug-likeness (QED) is 0.665. The number of ether oxygens (including phenoxy) is 1. The van der Waals surface area contributed by atoms with Gasteiger partial charge in [0.15, 0.2) is 0 Å². The fourth-order valence-electron chi connectivity index (χ4n) is 0.833. The number of aliphatic hydroxyl groups is 1. The summed E-state index contributed by atoms with van der Waals surface area (Å²) in [6.45, 7) is 1.73. The Hall–Kier alpha value is -1.16. The number of hydrogen-bond donors (Lipinski definition) is 1. The van der Waals surface area contributed by atoms with Crippen LogP contribution in [0.4, 0.5) is 0 Å². The van der Waals surface area contributed by atoms with Crippen molar-refractivity contribution in [1.29, 1.82) is 0 Å². The van der Waals surface area contributed by atoms with Gasteiger partial charge in [0, 0.05) is 5.56 Å². The summed E-state index contributed by atoms with van der Waals surface area (Å²) >= 11 is 0. The van der Waals surface area contributed by atoms with Gasteiger partial charge in [0.2, 0.25) is 5.88 Å². The molecule has 60 valence electrons. The Morgan fingerprint density at radius 2 is 2.27 bits per heavy atom. The summed E-state index contributed by atoms with van der Waals surface area (Å²) in [4.78, 5) is 7.73. The number of nitrogens with zero attached hydrogens (tertiary/aromatic N) is 2. The monoisotopic (exact) mass is 154 g/mol. The first-order valence-corrected chi connectivity index (χ1v) is 3.25. The molecule has 0 unspecified atom stereocenters. The second kappa shape index (κ2) is 3.30. The highest BCUT2D eigenvalue weighted by molar-refractivity contribution is 5.27. The standard InChI is InChI=1S/C7H10N2O2/c1-5-6(3-10)8-4-9-7(5)11-2/h4,10H,3H2,1-2H3. The van der Waals surface area contributed by atoms with E-state index in [0.717, 1.165) is 5.56 Å². The molecule has 1 heterocycles. The van der Waals surface area contributed by atoms with Gasteiger partial charge in [-0.3, -0.25) is 0 Å². The Morgan fingerprint density at radius 1 is 1.55 bits per heavy atom. The van der Waals surface area contributed by atoms with Crippen molar-refractivity contribution in [2.24, 2.45) is 0 Å². The summed E-state index contributed by atoms with van der Waals surface area (Å²) in [6.07, 6.45) is 1.37. The molecule has 1 N–H and O–H groups in total. The zero-order valence-electron chi connectivity index (χ0n) is 6.53.